The monoisotopic (exact) mass is 440 g/mol. The molecule has 0 amide bonds. The molecule has 5 nitrogen and oxygen atoms in total. The highest BCUT2D eigenvalue weighted by Crippen LogP contribution is 2.24. The first-order chi connectivity index (χ1) is 10.6. The molecular weight excluding hydrogens is 417 g/mol. The van der Waals surface area contributed by atoms with Gasteiger partial charge in [-0.2, -0.15) is 0 Å². The smallest absolute Gasteiger partial charge is 0.191 e. The van der Waals surface area contributed by atoms with Crippen molar-refractivity contribution in [2.24, 2.45) is 4.99 Å². The zero-order valence-corrected chi connectivity index (χ0v) is 15.4. The highest BCUT2D eigenvalue weighted by Gasteiger charge is 2.25. The summed E-state index contributed by atoms with van der Waals surface area (Å²) >= 11 is 0. The molecule has 23 heavy (non-hydrogen) atoms. The van der Waals surface area contributed by atoms with E-state index in [1.54, 1.807) is 0 Å². The van der Waals surface area contributed by atoms with Crippen molar-refractivity contribution in [1.82, 2.24) is 10.6 Å². The Morgan fingerprint density at radius 3 is 2.87 bits per heavy atom. The van der Waals surface area contributed by atoms with Crippen molar-refractivity contribution in [2.75, 3.05) is 37.7 Å². The molecule has 0 spiro atoms. The lowest BCUT2D eigenvalue weighted by Crippen LogP contribution is -2.44. The summed E-state index contributed by atoms with van der Waals surface area (Å²) in [6.45, 7) is 4.32. The van der Waals surface area contributed by atoms with E-state index in [2.05, 4.69) is 15.6 Å². The molecule has 0 bridgehead atoms. The number of rotatable bonds is 5. The maximum atomic E-state index is 13.8. The van der Waals surface area contributed by atoms with Gasteiger partial charge in [-0.05, 0) is 25.5 Å². The van der Waals surface area contributed by atoms with Gasteiger partial charge in [0.25, 0.3) is 0 Å². The van der Waals surface area contributed by atoms with Crippen LogP contribution in [0.25, 0.3) is 0 Å². The SMILES string of the molecule is CCNC(=NCCO)NC1CCN(c2ccc(F)cc2F)C1.I. The number of aliphatic hydroxyl groups is 1. The van der Waals surface area contributed by atoms with Crippen LogP contribution in [0.2, 0.25) is 0 Å². The molecule has 0 saturated carbocycles. The van der Waals surface area contributed by atoms with Gasteiger partial charge in [0, 0.05) is 31.7 Å². The van der Waals surface area contributed by atoms with Gasteiger partial charge in [-0.15, -0.1) is 24.0 Å². The molecule has 1 unspecified atom stereocenters. The highest BCUT2D eigenvalue weighted by molar-refractivity contribution is 14.0. The van der Waals surface area contributed by atoms with E-state index in [4.69, 9.17) is 5.11 Å². The number of hydrogen-bond donors (Lipinski definition) is 3. The van der Waals surface area contributed by atoms with Crippen LogP contribution in [0.15, 0.2) is 23.2 Å². The third-order valence-electron chi connectivity index (χ3n) is 3.49. The van der Waals surface area contributed by atoms with Crippen LogP contribution in [0.5, 0.6) is 0 Å². The van der Waals surface area contributed by atoms with Crippen LogP contribution >= 0.6 is 24.0 Å². The molecule has 1 aliphatic rings. The maximum absolute atomic E-state index is 13.8. The van der Waals surface area contributed by atoms with Gasteiger partial charge in [-0.25, -0.2) is 8.78 Å². The van der Waals surface area contributed by atoms with Gasteiger partial charge in [-0.1, -0.05) is 0 Å². The molecule has 1 aromatic rings. The molecule has 1 aliphatic heterocycles. The van der Waals surface area contributed by atoms with E-state index >= 15 is 0 Å². The predicted octanol–water partition coefficient (Wildman–Crippen LogP) is 1.71. The summed E-state index contributed by atoms with van der Waals surface area (Å²) in [7, 11) is 0. The second-order valence-corrected chi connectivity index (χ2v) is 5.16. The number of anilines is 1. The minimum Gasteiger partial charge on any atom is -0.394 e. The van der Waals surface area contributed by atoms with Gasteiger partial charge in [0.15, 0.2) is 5.96 Å². The van der Waals surface area contributed by atoms with Crippen molar-refractivity contribution in [1.29, 1.82) is 0 Å². The normalized spacial score (nSPS) is 17.8. The average molecular weight is 440 g/mol. The predicted molar refractivity (Wildman–Crippen MR) is 98.6 cm³/mol. The van der Waals surface area contributed by atoms with Gasteiger partial charge < -0.3 is 20.6 Å². The molecule has 1 saturated heterocycles. The Hall–Kier alpha value is -1.16. The summed E-state index contributed by atoms with van der Waals surface area (Å²) < 4.78 is 26.8. The fourth-order valence-electron chi connectivity index (χ4n) is 2.51. The Morgan fingerprint density at radius 2 is 2.22 bits per heavy atom. The largest absolute Gasteiger partial charge is 0.394 e. The Balaban J connectivity index is 0.00000264. The zero-order chi connectivity index (χ0) is 15.9. The highest BCUT2D eigenvalue weighted by atomic mass is 127. The van der Waals surface area contributed by atoms with Crippen LogP contribution in [0.4, 0.5) is 14.5 Å². The van der Waals surface area contributed by atoms with Crippen LogP contribution in [-0.4, -0.2) is 49.9 Å². The van der Waals surface area contributed by atoms with Crippen molar-refractivity contribution in [3.8, 4) is 0 Å². The van der Waals surface area contributed by atoms with Crippen LogP contribution in [0.3, 0.4) is 0 Å². The molecule has 1 aromatic carbocycles. The summed E-state index contributed by atoms with van der Waals surface area (Å²) in [5, 5.41) is 15.2. The Morgan fingerprint density at radius 1 is 1.43 bits per heavy atom. The number of guanidine groups is 1. The Bertz CT molecular complexity index is 530. The maximum Gasteiger partial charge on any atom is 0.191 e. The van der Waals surface area contributed by atoms with Gasteiger partial charge in [0.1, 0.15) is 11.6 Å². The van der Waals surface area contributed by atoms with Gasteiger partial charge >= 0.3 is 0 Å². The first-order valence-electron chi connectivity index (χ1n) is 7.49. The number of aliphatic imine (C=N–C) groups is 1. The topological polar surface area (TPSA) is 59.9 Å². The third-order valence-corrected chi connectivity index (χ3v) is 3.49. The van der Waals surface area contributed by atoms with Crippen LogP contribution in [-0.2, 0) is 0 Å². The van der Waals surface area contributed by atoms with Crippen LogP contribution in [0, 0.1) is 11.6 Å². The number of nitrogens with zero attached hydrogens (tertiary/aromatic N) is 2. The number of aliphatic hydroxyl groups excluding tert-OH is 1. The van der Waals surface area contributed by atoms with Crippen LogP contribution < -0.4 is 15.5 Å². The average Bonchev–Trinajstić information content (AvgIpc) is 2.93. The Labute approximate surface area is 152 Å². The van der Waals surface area contributed by atoms with E-state index in [1.807, 2.05) is 11.8 Å². The van der Waals surface area contributed by atoms with E-state index in [0.717, 1.165) is 19.0 Å². The molecule has 1 fully saturated rings. The second kappa shape index (κ2) is 9.86. The first kappa shape index (κ1) is 19.9. The number of hydrogen-bond acceptors (Lipinski definition) is 3. The minimum atomic E-state index is -0.569. The van der Waals surface area contributed by atoms with Gasteiger partial charge in [-0.3, -0.25) is 4.99 Å². The molecule has 0 radical (unpaired) electrons. The lowest BCUT2D eigenvalue weighted by atomic mass is 10.2. The lowest BCUT2D eigenvalue weighted by Gasteiger charge is -2.20. The molecule has 1 heterocycles. The van der Waals surface area contributed by atoms with Crippen molar-refractivity contribution in [3.05, 3.63) is 29.8 Å². The second-order valence-electron chi connectivity index (χ2n) is 5.16. The summed E-state index contributed by atoms with van der Waals surface area (Å²) in [6.07, 6.45) is 0.834. The summed E-state index contributed by atoms with van der Waals surface area (Å²) in [5.74, 6) is -0.467. The number of nitrogens with one attached hydrogen (secondary N) is 2. The Kier molecular flexibility index (Phi) is 8.53. The van der Waals surface area contributed by atoms with Crippen LogP contribution in [0.1, 0.15) is 13.3 Å². The number of halogens is 3. The van der Waals surface area contributed by atoms with Crippen molar-refractivity contribution in [3.63, 3.8) is 0 Å². The van der Waals surface area contributed by atoms with E-state index in [1.165, 1.54) is 12.1 Å². The van der Waals surface area contributed by atoms with E-state index in [-0.39, 0.29) is 36.6 Å². The van der Waals surface area contributed by atoms with Crippen molar-refractivity contribution in [2.45, 2.75) is 19.4 Å². The molecule has 130 valence electrons. The fraction of sp³-hybridized carbons (Fsp3) is 0.533. The number of benzene rings is 1. The van der Waals surface area contributed by atoms with Gasteiger partial charge in [0.2, 0.25) is 0 Å². The first-order valence-corrected chi connectivity index (χ1v) is 7.49. The lowest BCUT2D eigenvalue weighted by molar-refractivity contribution is 0.306. The molecular formula is C15H23F2IN4O. The molecule has 3 N–H and O–H groups in total. The van der Waals surface area contributed by atoms with Gasteiger partial charge in [0.05, 0.1) is 18.8 Å². The quantitative estimate of drug-likeness (QED) is 0.371. The van der Waals surface area contributed by atoms with E-state index < -0.39 is 11.6 Å². The van der Waals surface area contributed by atoms with E-state index in [9.17, 15) is 8.78 Å². The summed E-state index contributed by atoms with van der Waals surface area (Å²) in [6, 6.07) is 3.77. The fourth-order valence-corrected chi connectivity index (χ4v) is 2.51. The molecule has 8 heteroatoms. The molecule has 2 rings (SSSR count). The molecule has 0 aliphatic carbocycles. The van der Waals surface area contributed by atoms with Crippen molar-refractivity contribution >= 4 is 35.6 Å². The standard InChI is InChI=1S/C15H22F2N4O.HI/c1-2-18-15(19-6-8-22)20-12-5-7-21(10-12)14-4-3-11(16)9-13(14)17;/h3-4,9,12,22H,2,5-8,10H2,1H3,(H2,18,19,20);1H. The molecule has 0 aromatic heterocycles. The van der Waals surface area contributed by atoms with E-state index in [0.29, 0.717) is 31.3 Å². The third kappa shape index (κ3) is 5.76. The minimum absolute atomic E-state index is 0. The zero-order valence-electron chi connectivity index (χ0n) is 13.1. The molecule has 1 atom stereocenters. The summed E-state index contributed by atoms with van der Waals surface area (Å²) in [5.41, 5.74) is 0.419. The van der Waals surface area contributed by atoms with Crippen molar-refractivity contribution < 1.29 is 13.9 Å². The summed E-state index contributed by atoms with van der Waals surface area (Å²) in [4.78, 5) is 6.12.